The van der Waals surface area contributed by atoms with E-state index in [0.29, 0.717) is 12.2 Å². The maximum absolute atomic E-state index is 13.1. The first-order chi connectivity index (χ1) is 17.5. The van der Waals surface area contributed by atoms with Crippen molar-refractivity contribution in [2.75, 3.05) is 50.8 Å². The number of nitrogens with zero attached hydrogens (tertiary/aromatic N) is 4. The van der Waals surface area contributed by atoms with Gasteiger partial charge in [-0.05, 0) is 84.6 Å². The molecule has 6 rings (SSSR count). The Morgan fingerprint density at radius 3 is 2.58 bits per heavy atom. The fraction of sp³-hybridized carbons (Fsp3) is 0.379. The van der Waals surface area contributed by atoms with Gasteiger partial charge in [-0.1, -0.05) is 11.6 Å². The van der Waals surface area contributed by atoms with Crippen molar-refractivity contribution in [3.05, 3.63) is 64.7 Å². The number of aryl methyl sites for hydroxylation is 1. The molecule has 7 heteroatoms. The van der Waals surface area contributed by atoms with E-state index >= 15 is 0 Å². The molecule has 6 nitrogen and oxygen atoms in total. The molecule has 2 saturated heterocycles. The quantitative estimate of drug-likeness (QED) is 0.473. The molecule has 0 N–H and O–H groups in total. The van der Waals surface area contributed by atoms with Gasteiger partial charge in [0, 0.05) is 56.2 Å². The number of aliphatic imine (C=N–C) groups is 1. The SMILES string of the molecule is Cc1cc2cc3c(cc2cc1OCCN1CCN(c2ccc(Cl)cc2)CC1)N=C[C@@H]1CCCN1C3=O. The monoisotopic (exact) mass is 502 g/mol. The summed E-state index contributed by atoms with van der Waals surface area (Å²) in [6.07, 6.45) is 3.99. The third-order valence-electron chi connectivity index (χ3n) is 7.65. The van der Waals surface area contributed by atoms with Gasteiger partial charge in [0.15, 0.2) is 0 Å². The Morgan fingerprint density at radius 2 is 1.78 bits per heavy atom. The van der Waals surface area contributed by atoms with Gasteiger partial charge in [-0.25, -0.2) is 0 Å². The first-order valence-electron chi connectivity index (χ1n) is 12.8. The zero-order valence-corrected chi connectivity index (χ0v) is 21.4. The molecular weight excluding hydrogens is 472 g/mol. The van der Waals surface area contributed by atoms with Crippen LogP contribution in [0.4, 0.5) is 11.4 Å². The number of hydrogen-bond donors (Lipinski definition) is 0. The third kappa shape index (κ3) is 4.56. The summed E-state index contributed by atoms with van der Waals surface area (Å²) in [6.45, 7) is 8.45. The normalized spacial score (nSPS) is 19.9. The lowest BCUT2D eigenvalue weighted by Crippen LogP contribution is -2.47. The molecule has 0 unspecified atom stereocenters. The van der Waals surface area contributed by atoms with E-state index in [1.54, 1.807) is 0 Å². The summed E-state index contributed by atoms with van der Waals surface area (Å²) in [5, 5.41) is 2.88. The second-order valence-corrected chi connectivity index (χ2v) is 10.4. The van der Waals surface area contributed by atoms with Gasteiger partial charge in [0.25, 0.3) is 5.91 Å². The standard InChI is InChI=1S/C29H31ClN4O2/c1-20-15-21-16-26-27(31-19-25-3-2-8-34(25)29(26)35)17-22(21)18-28(20)36-14-13-32-9-11-33(12-10-32)24-6-4-23(30)5-7-24/h4-7,15-19,25H,2-3,8-14H2,1H3/t25-/m0/s1. The average Bonchev–Trinajstić information content (AvgIpc) is 3.32. The van der Waals surface area contributed by atoms with Crippen LogP contribution in [0.3, 0.4) is 0 Å². The number of amides is 1. The number of fused-ring (bicyclic) bond motifs is 3. The molecule has 3 aliphatic heterocycles. The zero-order chi connectivity index (χ0) is 24.6. The summed E-state index contributed by atoms with van der Waals surface area (Å²) >= 11 is 6.02. The molecule has 1 amide bonds. The van der Waals surface area contributed by atoms with Gasteiger partial charge in [0.2, 0.25) is 0 Å². The number of rotatable bonds is 5. The number of benzene rings is 3. The molecule has 2 fully saturated rings. The minimum absolute atomic E-state index is 0.0982. The molecule has 3 aromatic carbocycles. The first kappa shape index (κ1) is 23.3. The summed E-state index contributed by atoms with van der Waals surface area (Å²) in [7, 11) is 0. The molecule has 3 heterocycles. The van der Waals surface area contributed by atoms with Crippen LogP contribution >= 0.6 is 11.6 Å². The van der Waals surface area contributed by atoms with Gasteiger partial charge < -0.3 is 14.5 Å². The molecule has 0 aliphatic carbocycles. The van der Waals surface area contributed by atoms with E-state index in [1.807, 2.05) is 35.4 Å². The lowest BCUT2D eigenvalue weighted by molar-refractivity contribution is 0.0775. The Labute approximate surface area is 217 Å². The van der Waals surface area contributed by atoms with Crippen LogP contribution in [-0.4, -0.2) is 73.8 Å². The van der Waals surface area contributed by atoms with E-state index in [0.717, 1.165) is 84.9 Å². The van der Waals surface area contributed by atoms with E-state index in [1.165, 1.54) is 5.69 Å². The van der Waals surface area contributed by atoms with E-state index in [4.69, 9.17) is 21.3 Å². The van der Waals surface area contributed by atoms with Gasteiger partial charge in [-0.15, -0.1) is 0 Å². The van der Waals surface area contributed by atoms with Crippen LogP contribution in [0.1, 0.15) is 28.8 Å². The van der Waals surface area contributed by atoms with Gasteiger partial charge in [0.05, 0.1) is 17.3 Å². The lowest BCUT2D eigenvalue weighted by Gasteiger charge is -2.36. The van der Waals surface area contributed by atoms with Crippen LogP contribution in [0, 0.1) is 6.92 Å². The second kappa shape index (κ2) is 9.75. The second-order valence-electron chi connectivity index (χ2n) is 9.97. The maximum atomic E-state index is 13.1. The number of carbonyl (C=O) groups excluding carboxylic acids is 1. The van der Waals surface area contributed by atoms with E-state index in [-0.39, 0.29) is 11.9 Å². The van der Waals surface area contributed by atoms with Crippen LogP contribution in [0.5, 0.6) is 5.75 Å². The van der Waals surface area contributed by atoms with Crippen LogP contribution in [0.2, 0.25) is 5.02 Å². The van der Waals surface area contributed by atoms with E-state index in [2.05, 4.69) is 41.0 Å². The Hall–Kier alpha value is -3.09. The Kier molecular flexibility index (Phi) is 6.32. The smallest absolute Gasteiger partial charge is 0.256 e. The van der Waals surface area contributed by atoms with Crippen molar-refractivity contribution in [1.29, 1.82) is 0 Å². The lowest BCUT2D eigenvalue weighted by atomic mass is 10.0. The Morgan fingerprint density at radius 1 is 1.00 bits per heavy atom. The molecule has 36 heavy (non-hydrogen) atoms. The van der Waals surface area contributed by atoms with Crippen molar-refractivity contribution < 1.29 is 9.53 Å². The molecular formula is C29H31ClN4O2. The predicted molar refractivity (Wildman–Crippen MR) is 146 cm³/mol. The largest absolute Gasteiger partial charge is 0.492 e. The highest BCUT2D eigenvalue weighted by atomic mass is 35.5. The van der Waals surface area contributed by atoms with Crippen molar-refractivity contribution in [3.8, 4) is 5.75 Å². The predicted octanol–water partition coefficient (Wildman–Crippen LogP) is 5.32. The van der Waals surface area contributed by atoms with Crippen LogP contribution in [-0.2, 0) is 0 Å². The van der Waals surface area contributed by atoms with Gasteiger partial charge >= 0.3 is 0 Å². The fourth-order valence-corrected chi connectivity index (χ4v) is 5.68. The summed E-state index contributed by atoms with van der Waals surface area (Å²) in [5.74, 6) is 0.993. The van der Waals surface area contributed by atoms with E-state index in [9.17, 15) is 4.79 Å². The molecule has 1 atom stereocenters. The maximum Gasteiger partial charge on any atom is 0.256 e. The number of anilines is 1. The zero-order valence-electron chi connectivity index (χ0n) is 20.6. The van der Waals surface area contributed by atoms with Crippen LogP contribution in [0.15, 0.2) is 53.5 Å². The Bertz CT molecular complexity index is 1320. The van der Waals surface area contributed by atoms with Gasteiger partial charge in [0.1, 0.15) is 12.4 Å². The summed E-state index contributed by atoms with van der Waals surface area (Å²) in [6, 6.07) is 16.5. The number of piperazine rings is 1. The number of carbonyl (C=O) groups is 1. The minimum Gasteiger partial charge on any atom is -0.492 e. The number of ether oxygens (including phenoxy) is 1. The van der Waals surface area contributed by atoms with Crippen molar-refractivity contribution in [1.82, 2.24) is 9.80 Å². The molecule has 0 bridgehead atoms. The molecule has 0 spiro atoms. The van der Waals surface area contributed by atoms with Gasteiger partial charge in [-0.3, -0.25) is 14.7 Å². The highest BCUT2D eigenvalue weighted by molar-refractivity contribution is 6.30. The minimum atomic E-state index is 0.0982. The fourth-order valence-electron chi connectivity index (χ4n) is 5.55. The molecule has 0 radical (unpaired) electrons. The first-order valence-corrected chi connectivity index (χ1v) is 13.2. The van der Waals surface area contributed by atoms with Crippen molar-refractivity contribution in [2.45, 2.75) is 25.8 Å². The molecule has 0 saturated carbocycles. The summed E-state index contributed by atoms with van der Waals surface area (Å²) in [4.78, 5) is 24.6. The van der Waals surface area contributed by atoms with Crippen molar-refractivity contribution in [3.63, 3.8) is 0 Å². The van der Waals surface area contributed by atoms with E-state index < -0.39 is 0 Å². The summed E-state index contributed by atoms with van der Waals surface area (Å²) in [5.41, 5.74) is 3.77. The average molecular weight is 503 g/mol. The van der Waals surface area contributed by atoms with Crippen LogP contribution < -0.4 is 9.64 Å². The highest BCUT2D eigenvalue weighted by Gasteiger charge is 2.31. The topological polar surface area (TPSA) is 48.4 Å². The number of halogens is 1. The van der Waals surface area contributed by atoms with Gasteiger partial charge in [-0.2, -0.15) is 0 Å². The Balaban J connectivity index is 1.10. The summed E-state index contributed by atoms with van der Waals surface area (Å²) < 4.78 is 6.24. The van der Waals surface area contributed by atoms with Crippen molar-refractivity contribution >= 4 is 45.9 Å². The molecule has 0 aromatic heterocycles. The van der Waals surface area contributed by atoms with Crippen LogP contribution in [0.25, 0.3) is 10.8 Å². The molecule has 3 aromatic rings. The third-order valence-corrected chi connectivity index (χ3v) is 7.91. The van der Waals surface area contributed by atoms with Crippen molar-refractivity contribution in [2.24, 2.45) is 4.99 Å². The molecule has 186 valence electrons. The number of hydrogen-bond acceptors (Lipinski definition) is 5. The highest BCUT2D eigenvalue weighted by Crippen LogP contribution is 2.34. The molecule has 3 aliphatic rings.